The summed E-state index contributed by atoms with van der Waals surface area (Å²) in [6.07, 6.45) is 0. The van der Waals surface area contributed by atoms with Gasteiger partial charge in [0.1, 0.15) is 0 Å². The number of carbonyl (C=O) groups is 1. The third-order valence-electron chi connectivity index (χ3n) is 3.61. The number of rotatable bonds is 2. The minimum atomic E-state index is -1.02. The lowest BCUT2D eigenvalue weighted by atomic mass is 10.1. The summed E-state index contributed by atoms with van der Waals surface area (Å²) in [7, 11) is 0. The van der Waals surface area contributed by atoms with E-state index >= 15 is 0 Å². The summed E-state index contributed by atoms with van der Waals surface area (Å²) >= 11 is 0. The molecule has 0 radical (unpaired) electrons. The first-order valence-corrected chi connectivity index (χ1v) is 6.37. The molecule has 0 saturated heterocycles. The Morgan fingerprint density at radius 1 is 1.00 bits per heavy atom. The third-order valence-corrected chi connectivity index (χ3v) is 3.61. The molecular formula is C16H17NO3. The van der Waals surface area contributed by atoms with Crippen molar-refractivity contribution in [2.24, 2.45) is 0 Å². The van der Waals surface area contributed by atoms with Crippen molar-refractivity contribution in [1.82, 2.24) is 4.57 Å². The first kappa shape index (κ1) is 14.1. The van der Waals surface area contributed by atoms with Crippen molar-refractivity contribution < 1.29 is 9.90 Å². The zero-order valence-corrected chi connectivity index (χ0v) is 12.0. The number of hydrogen-bond acceptors (Lipinski definition) is 2. The van der Waals surface area contributed by atoms with Crippen LogP contribution >= 0.6 is 0 Å². The molecule has 0 fully saturated rings. The van der Waals surface area contributed by atoms with Gasteiger partial charge >= 0.3 is 5.97 Å². The Labute approximate surface area is 117 Å². The summed E-state index contributed by atoms with van der Waals surface area (Å²) in [4.78, 5) is 23.5. The average molecular weight is 271 g/mol. The Balaban J connectivity index is 2.80. The van der Waals surface area contributed by atoms with Crippen LogP contribution in [0.4, 0.5) is 0 Å². The van der Waals surface area contributed by atoms with Crippen LogP contribution in [0.1, 0.15) is 32.7 Å². The SMILES string of the molecule is Cc1ccc(-n2c(C)c(C(=O)O)c(C)cc2=O)cc1C. The van der Waals surface area contributed by atoms with E-state index in [0.29, 0.717) is 16.9 Å². The molecule has 2 rings (SSSR count). The molecule has 0 aliphatic carbocycles. The number of nitrogens with zero attached hydrogens (tertiary/aromatic N) is 1. The van der Waals surface area contributed by atoms with Crippen molar-refractivity contribution in [1.29, 1.82) is 0 Å². The number of aromatic nitrogens is 1. The number of carboxylic acids is 1. The van der Waals surface area contributed by atoms with E-state index in [-0.39, 0.29) is 11.1 Å². The fourth-order valence-corrected chi connectivity index (χ4v) is 2.39. The minimum Gasteiger partial charge on any atom is -0.478 e. The van der Waals surface area contributed by atoms with Gasteiger partial charge in [0.2, 0.25) is 0 Å². The first-order valence-electron chi connectivity index (χ1n) is 6.37. The molecule has 4 heteroatoms. The lowest BCUT2D eigenvalue weighted by Gasteiger charge is -2.15. The highest BCUT2D eigenvalue weighted by molar-refractivity contribution is 5.90. The van der Waals surface area contributed by atoms with E-state index in [2.05, 4.69) is 0 Å². The second-order valence-corrected chi connectivity index (χ2v) is 5.04. The summed E-state index contributed by atoms with van der Waals surface area (Å²) in [5.74, 6) is -1.02. The second kappa shape index (κ2) is 4.96. The molecule has 0 amide bonds. The van der Waals surface area contributed by atoms with Crippen molar-refractivity contribution in [3.05, 3.63) is 62.6 Å². The lowest BCUT2D eigenvalue weighted by molar-refractivity contribution is 0.0694. The summed E-state index contributed by atoms with van der Waals surface area (Å²) in [5.41, 5.74) is 3.79. The smallest absolute Gasteiger partial charge is 0.337 e. The van der Waals surface area contributed by atoms with Gasteiger partial charge in [0, 0.05) is 17.4 Å². The van der Waals surface area contributed by atoms with Crippen molar-refractivity contribution in [2.75, 3.05) is 0 Å². The van der Waals surface area contributed by atoms with E-state index in [1.165, 1.54) is 10.6 Å². The predicted molar refractivity (Wildman–Crippen MR) is 77.9 cm³/mol. The number of hydrogen-bond donors (Lipinski definition) is 1. The van der Waals surface area contributed by atoms with Gasteiger partial charge in [-0.3, -0.25) is 9.36 Å². The molecular weight excluding hydrogens is 254 g/mol. The molecule has 104 valence electrons. The van der Waals surface area contributed by atoms with Gasteiger partial charge in [-0.1, -0.05) is 6.07 Å². The van der Waals surface area contributed by atoms with E-state index in [9.17, 15) is 14.7 Å². The molecule has 1 aromatic carbocycles. The Bertz CT molecular complexity index is 757. The topological polar surface area (TPSA) is 59.3 Å². The highest BCUT2D eigenvalue weighted by atomic mass is 16.4. The summed E-state index contributed by atoms with van der Waals surface area (Å²) in [5, 5.41) is 9.29. The Morgan fingerprint density at radius 2 is 1.65 bits per heavy atom. The second-order valence-electron chi connectivity index (χ2n) is 5.04. The van der Waals surface area contributed by atoms with E-state index in [4.69, 9.17) is 0 Å². The number of benzene rings is 1. The molecule has 20 heavy (non-hydrogen) atoms. The number of aryl methyl sites for hydroxylation is 3. The maximum absolute atomic E-state index is 12.2. The highest BCUT2D eigenvalue weighted by Gasteiger charge is 2.16. The molecule has 0 saturated carbocycles. The number of aromatic carboxylic acids is 1. The van der Waals surface area contributed by atoms with Gasteiger partial charge in [0.05, 0.1) is 5.56 Å². The van der Waals surface area contributed by atoms with Gasteiger partial charge in [-0.15, -0.1) is 0 Å². The van der Waals surface area contributed by atoms with Crippen molar-refractivity contribution in [2.45, 2.75) is 27.7 Å². The average Bonchev–Trinajstić information content (AvgIpc) is 2.32. The molecule has 4 nitrogen and oxygen atoms in total. The minimum absolute atomic E-state index is 0.183. The van der Waals surface area contributed by atoms with Gasteiger partial charge in [0.15, 0.2) is 0 Å². The molecule has 0 unspecified atom stereocenters. The highest BCUT2D eigenvalue weighted by Crippen LogP contribution is 2.18. The molecule has 0 aliphatic rings. The van der Waals surface area contributed by atoms with E-state index in [0.717, 1.165) is 11.1 Å². The molecule has 1 heterocycles. The first-order chi connectivity index (χ1) is 9.32. The monoisotopic (exact) mass is 271 g/mol. The molecule has 0 aliphatic heterocycles. The molecule has 2 aromatic rings. The Kier molecular flexibility index (Phi) is 3.49. The Hall–Kier alpha value is -2.36. The fourth-order valence-electron chi connectivity index (χ4n) is 2.39. The predicted octanol–water partition coefficient (Wildman–Crippen LogP) is 2.77. The summed E-state index contributed by atoms with van der Waals surface area (Å²) in [6, 6.07) is 7.02. The van der Waals surface area contributed by atoms with Crippen LogP contribution in [-0.2, 0) is 0 Å². The third kappa shape index (κ3) is 2.25. The fraction of sp³-hybridized carbons (Fsp3) is 0.250. The molecule has 1 aromatic heterocycles. The number of carboxylic acid groups (broad SMARTS) is 1. The van der Waals surface area contributed by atoms with Gasteiger partial charge in [0.25, 0.3) is 5.56 Å². The summed E-state index contributed by atoms with van der Waals surface area (Å²) in [6.45, 7) is 7.26. The summed E-state index contributed by atoms with van der Waals surface area (Å²) < 4.78 is 1.45. The standard InChI is InChI=1S/C16H17NO3/c1-9-5-6-13(7-10(9)2)17-12(4)15(16(19)20)11(3)8-14(17)18/h5-8H,1-4H3,(H,19,20). The molecule has 1 N–H and O–H groups in total. The Morgan fingerprint density at radius 3 is 2.20 bits per heavy atom. The van der Waals surface area contributed by atoms with Crippen LogP contribution < -0.4 is 5.56 Å². The van der Waals surface area contributed by atoms with Crippen LogP contribution in [0.3, 0.4) is 0 Å². The van der Waals surface area contributed by atoms with Crippen LogP contribution in [0.25, 0.3) is 5.69 Å². The van der Waals surface area contributed by atoms with Gasteiger partial charge < -0.3 is 5.11 Å². The van der Waals surface area contributed by atoms with Crippen molar-refractivity contribution in [3.63, 3.8) is 0 Å². The maximum Gasteiger partial charge on any atom is 0.337 e. The van der Waals surface area contributed by atoms with Gasteiger partial charge in [-0.05, 0) is 56.5 Å². The number of pyridine rings is 1. The van der Waals surface area contributed by atoms with Gasteiger partial charge in [-0.2, -0.15) is 0 Å². The van der Waals surface area contributed by atoms with E-state index in [1.54, 1.807) is 13.8 Å². The van der Waals surface area contributed by atoms with Crippen molar-refractivity contribution in [3.8, 4) is 5.69 Å². The zero-order chi connectivity index (χ0) is 15.0. The van der Waals surface area contributed by atoms with Crippen LogP contribution in [-0.4, -0.2) is 15.6 Å². The zero-order valence-electron chi connectivity index (χ0n) is 12.0. The normalized spacial score (nSPS) is 10.6. The maximum atomic E-state index is 12.2. The van der Waals surface area contributed by atoms with Crippen LogP contribution in [0, 0.1) is 27.7 Å². The lowest BCUT2D eigenvalue weighted by Crippen LogP contribution is -2.24. The van der Waals surface area contributed by atoms with Gasteiger partial charge in [-0.25, -0.2) is 4.79 Å². The molecule has 0 spiro atoms. The van der Waals surface area contributed by atoms with Crippen LogP contribution in [0.15, 0.2) is 29.1 Å². The molecule has 0 atom stereocenters. The van der Waals surface area contributed by atoms with Crippen LogP contribution in [0.2, 0.25) is 0 Å². The largest absolute Gasteiger partial charge is 0.478 e. The quantitative estimate of drug-likeness (QED) is 0.913. The van der Waals surface area contributed by atoms with E-state index in [1.807, 2.05) is 32.0 Å². The molecule has 0 bridgehead atoms. The van der Waals surface area contributed by atoms with Crippen LogP contribution in [0.5, 0.6) is 0 Å². The van der Waals surface area contributed by atoms with E-state index < -0.39 is 5.97 Å². The van der Waals surface area contributed by atoms with Crippen molar-refractivity contribution >= 4 is 5.97 Å².